The third-order valence-electron chi connectivity index (χ3n) is 15.8. The molecule has 0 bridgehead atoms. The first kappa shape index (κ1) is 33.7. The van der Waals surface area contributed by atoms with E-state index in [1.54, 1.807) is 0 Å². The second-order valence-electron chi connectivity index (χ2n) is 18.8. The molecule has 0 saturated carbocycles. The van der Waals surface area contributed by atoms with Crippen LogP contribution < -0.4 is 16.4 Å². The Morgan fingerprint density at radius 1 is 0.359 bits per heavy atom. The van der Waals surface area contributed by atoms with Crippen LogP contribution >= 0.6 is 0 Å². The Morgan fingerprint density at radius 2 is 0.922 bits per heavy atom. The van der Waals surface area contributed by atoms with Crippen LogP contribution in [0.2, 0.25) is 0 Å². The predicted octanol–water partition coefficient (Wildman–Crippen LogP) is 12.8. The van der Waals surface area contributed by atoms with Gasteiger partial charge in [0.15, 0.2) is 0 Å². The number of aromatic nitrogens is 2. The molecule has 0 amide bonds. The second-order valence-corrected chi connectivity index (χ2v) is 18.8. The van der Waals surface area contributed by atoms with Gasteiger partial charge in [0.2, 0.25) is 0 Å². The fourth-order valence-electron chi connectivity index (χ4n) is 13.5. The molecule has 16 rings (SSSR count). The molecule has 10 aromatic carbocycles. The molecule has 0 fully saturated rings. The normalized spacial score (nSPS) is 14.2. The van der Waals surface area contributed by atoms with Crippen LogP contribution in [-0.2, 0) is 5.41 Å². The summed E-state index contributed by atoms with van der Waals surface area (Å²) >= 11 is 0. The Bertz CT molecular complexity index is 4110. The Balaban J connectivity index is 1.19. The van der Waals surface area contributed by atoms with Crippen molar-refractivity contribution < 1.29 is 0 Å². The fourth-order valence-corrected chi connectivity index (χ4v) is 13.5. The largest absolute Gasteiger partial charge is 0.310 e. The van der Waals surface area contributed by atoms with Crippen LogP contribution in [0, 0.1) is 13.8 Å². The van der Waals surface area contributed by atoms with E-state index in [1.807, 2.05) is 0 Å². The van der Waals surface area contributed by atoms with Gasteiger partial charge in [-0.1, -0.05) is 187 Å². The van der Waals surface area contributed by atoms with Crippen LogP contribution in [0.3, 0.4) is 0 Å². The lowest BCUT2D eigenvalue weighted by atomic mass is 9.33. The average Bonchev–Trinajstić information content (AvgIpc) is 3.96. The first-order valence-corrected chi connectivity index (χ1v) is 22.7. The van der Waals surface area contributed by atoms with E-state index >= 15 is 0 Å². The zero-order valence-electron chi connectivity index (χ0n) is 35.4. The van der Waals surface area contributed by atoms with Crippen molar-refractivity contribution in [3.63, 3.8) is 0 Å². The van der Waals surface area contributed by atoms with Crippen LogP contribution in [0.5, 0.6) is 0 Å². The van der Waals surface area contributed by atoms with E-state index in [-0.39, 0.29) is 6.71 Å². The van der Waals surface area contributed by atoms with Crippen molar-refractivity contribution in [2.24, 2.45) is 0 Å². The minimum Gasteiger partial charge on any atom is -0.310 e. The number of para-hydroxylation sites is 4. The average molecular weight is 809 g/mol. The summed E-state index contributed by atoms with van der Waals surface area (Å²) < 4.78 is 5.40. The van der Waals surface area contributed by atoms with Gasteiger partial charge < -0.3 is 9.13 Å². The van der Waals surface area contributed by atoms with Gasteiger partial charge in [0.1, 0.15) is 0 Å². The molecule has 4 aliphatic rings. The van der Waals surface area contributed by atoms with Gasteiger partial charge >= 0.3 is 0 Å². The maximum atomic E-state index is 2.73. The number of fused-ring (bicyclic) bond motifs is 15. The fraction of sp³-hybridized carbons (Fsp3) is 0.0492. The predicted molar refractivity (Wildman–Crippen MR) is 268 cm³/mol. The number of nitrogens with zero attached hydrogens (tertiary/aromatic N) is 2. The third kappa shape index (κ3) is 3.70. The van der Waals surface area contributed by atoms with Gasteiger partial charge in [-0.2, -0.15) is 0 Å². The smallest absolute Gasteiger partial charge is 0.252 e. The Kier molecular flexibility index (Phi) is 5.99. The molecule has 1 aliphatic carbocycles. The molecule has 0 radical (unpaired) electrons. The first-order chi connectivity index (χ1) is 31.6. The topological polar surface area (TPSA) is 9.86 Å². The molecule has 0 saturated heterocycles. The molecule has 1 spiro atoms. The molecule has 0 atom stereocenters. The number of hydrogen-bond acceptors (Lipinski definition) is 0. The van der Waals surface area contributed by atoms with Crippen molar-refractivity contribution in [1.29, 1.82) is 0 Å². The SMILES string of the molecule is Cc1ccc2c(c1)C1(c3cc(C)ccc3-2)c2cc(-c3cccc4c(-c5ccccc5)cccc34)c3c4c2-n2c5c(cccc5c5cccc1c52)B4c1cccc2c4ccccc4n-3c12. The maximum Gasteiger partial charge on any atom is 0.252 e. The number of hydrogen-bond donors (Lipinski definition) is 0. The third-order valence-corrected chi connectivity index (χ3v) is 15.8. The summed E-state index contributed by atoms with van der Waals surface area (Å²) in [5.41, 5.74) is 27.3. The lowest BCUT2D eigenvalue weighted by Gasteiger charge is -2.44. The molecular weight excluding hydrogens is 771 g/mol. The van der Waals surface area contributed by atoms with Crippen molar-refractivity contribution in [3.8, 4) is 44.8 Å². The van der Waals surface area contributed by atoms with Crippen LogP contribution in [0.1, 0.15) is 33.4 Å². The number of rotatable bonds is 2. The Labute approximate surface area is 370 Å². The minimum absolute atomic E-state index is 0.0218. The van der Waals surface area contributed by atoms with Gasteiger partial charge in [0, 0.05) is 43.8 Å². The molecular formula is C61H37BN2. The molecule has 12 aromatic rings. The van der Waals surface area contributed by atoms with E-state index in [0.717, 1.165) is 0 Å². The van der Waals surface area contributed by atoms with E-state index in [4.69, 9.17) is 0 Å². The molecule has 294 valence electrons. The molecule has 3 heteroatoms. The van der Waals surface area contributed by atoms with Gasteiger partial charge in [0.05, 0.1) is 22.1 Å². The van der Waals surface area contributed by atoms with Gasteiger partial charge in [0.25, 0.3) is 6.71 Å². The summed E-state index contributed by atoms with van der Waals surface area (Å²) in [7, 11) is 0. The quantitative estimate of drug-likeness (QED) is 0.154. The van der Waals surface area contributed by atoms with Crippen molar-refractivity contribution in [2.75, 3.05) is 0 Å². The van der Waals surface area contributed by atoms with E-state index in [0.29, 0.717) is 0 Å². The molecule has 5 heterocycles. The molecule has 2 aromatic heterocycles. The molecule has 3 aliphatic heterocycles. The minimum atomic E-state index is -0.571. The van der Waals surface area contributed by atoms with Crippen molar-refractivity contribution >= 4 is 77.5 Å². The van der Waals surface area contributed by atoms with Crippen molar-refractivity contribution in [1.82, 2.24) is 9.13 Å². The van der Waals surface area contributed by atoms with E-state index in [1.165, 1.54) is 149 Å². The summed E-state index contributed by atoms with van der Waals surface area (Å²) in [6.07, 6.45) is 0. The van der Waals surface area contributed by atoms with Crippen LogP contribution in [0.15, 0.2) is 188 Å². The summed E-state index contributed by atoms with van der Waals surface area (Å²) in [5, 5.41) is 7.81. The van der Waals surface area contributed by atoms with Gasteiger partial charge in [-0.25, -0.2) is 0 Å². The number of benzene rings is 10. The molecule has 0 N–H and O–H groups in total. The monoisotopic (exact) mass is 808 g/mol. The summed E-state index contributed by atoms with van der Waals surface area (Å²) in [4.78, 5) is 0. The summed E-state index contributed by atoms with van der Waals surface area (Å²) in [6.45, 7) is 4.56. The molecule has 0 unspecified atom stereocenters. The Morgan fingerprint density at radius 3 is 1.66 bits per heavy atom. The highest BCUT2D eigenvalue weighted by molar-refractivity contribution is 7.00. The van der Waals surface area contributed by atoms with Crippen molar-refractivity contribution in [3.05, 3.63) is 221 Å². The first-order valence-electron chi connectivity index (χ1n) is 22.7. The summed E-state index contributed by atoms with van der Waals surface area (Å²) in [6, 6.07) is 72.5. The second kappa shape index (κ2) is 11.4. The van der Waals surface area contributed by atoms with Gasteiger partial charge in [-0.3, -0.25) is 0 Å². The zero-order valence-corrected chi connectivity index (χ0v) is 35.4. The van der Waals surface area contributed by atoms with E-state index in [2.05, 4.69) is 211 Å². The van der Waals surface area contributed by atoms with E-state index < -0.39 is 5.41 Å². The van der Waals surface area contributed by atoms with Crippen LogP contribution in [-0.4, -0.2) is 15.8 Å². The van der Waals surface area contributed by atoms with Crippen molar-refractivity contribution in [2.45, 2.75) is 19.3 Å². The summed E-state index contributed by atoms with van der Waals surface area (Å²) in [5.74, 6) is 0. The highest BCUT2D eigenvalue weighted by Gasteiger charge is 2.55. The van der Waals surface area contributed by atoms with Crippen LogP contribution in [0.25, 0.3) is 99.1 Å². The standard InChI is InChI=1S/C61H37BN2/c1-34-27-29-41-42-30-28-35(2)32-50(42)61(49(41)31-34)48-23-10-20-45-46-22-12-25-53-58(46)64(56(45)48)60-51(61)33-47(40-19-9-17-38-37(16-8-18-39(38)40)36-13-4-3-5-14-36)59-55(60)62(53)52-24-11-21-44-43-15-6-7-26-54(43)63(59)57(44)52/h3-33H,1-2H3. The Hall–Kier alpha value is -7.88. The molecule has 2 nitrogen and oxygen atoms in total. The van der Waals surface area contributed by atoms with Crippen LogP contribution in [0.4, 0.5) is 0 Å². The lowest BCUT2D eigenvalue weighted by molar-refractivity contribution is 0.748. The highest BCUT2D eigenvalue weighted by Crippen LogP contribution is 2.62. The maximum absolute atomic E-state index is 2.73. The zero-order chi connectivity index (χ0) is 41.7. The van der Waals surface area contributed by atoms with E-state index in [9.17, 15) is 0 Å². The van der Waals surface area contributed by atoms with Gasteiger partial charge in [-0.05, 0) is 103 Å². The number of aryl methyl sites for hydroxylation is 2. The lowest BCUT2D eigenvalue weighted by Crippen LogP contribution is -2.60. The van der Waals surface area contributed by atoms with Gasteiger partial charge in [-0.15, -0.1) is 0 Å². The highest BCUT2D eigenvalue weighted by atomic mass is 15.1. The molecule has 64 heavy (non-hydrogen) atoms.